The molecule has 1 aliphatic rings. The first-order valence-corrected chi connectivity index (χ1v) is 7.73. The highest BCUT2D eigenvalue weighted by Crippen LogP contribution is 2.35. The lowest BCUT2D eigenvalue weighted by atomic mass is 9.87. The fraction of sp³-hybridized carbons (Fsp3) is 0.562. The molecule has 0 radical (unpaired) electrons. The fourth-order valence-corrected chi connectivity index (χ4v) is 3.09. The van der Waals surface area contributed by atoms with E-state index >= 15 is 0 Å². The van der Waals surface area contributed by atoms with Gasteiger partial charge >= 0.3 is 0 Å². The molecule has 2 N–H and O–H groups in total. The summed E-state index contributed by atoms with van der Waals surface area (Å²) in [5, 5.41) is 0.958. The summed E-state index contributed by atoms with van der Waals surface area (Å²) in [5.74, 6) is 0.779. The largest absolute Gasteiger partial charge is 0.383 e. The summed E-state index contributed by atoms with van der Waals surface area (Å²) in [4.78, 5) is 19.3. The van der Waals surface area contributed by atoms with E-state index in [1.165, 1.54) is 6.33 Å². The Kier molecular flexibility index (Phi) is 4.94. The molecule has 0 spiro atoms. The zero-order valence-electron chi connectivity index (χ0n) is 13.0. The van der Waals surface area contributed by atoms with Crippen LogP contribution in [0.15, 0.2) is 12.5 Å². The van der Waals surface area contributed by atoms with Crippen LogP contribution in [0.2, 0.25) is 0 Å². The summed E-state index contributed by atoms with van der Waals surface area (Å²) < 4.78 is 2.21. The van der Waals surface area contributed by atoms with Crippen molar-refractivity contribution in [3.63, 3.8) is 0 Å². The summed E-state index contributed by atoms with van der Waals surface area (Å²) in [6.07, 6.45) is 8.70. The van der Waals surface area contributed by atoms with Gasteiger partial charge in [-0.3, -0.25) is 0 Å². The number of carbonyl (C=O) groups excluding carboxylic acids is 1. The Hall–Kier alpha value is -1.91. The summed E-state index contributed by atoms with van der Waals surface area (Å²) >= 11 is 0. The fourth-order valence-electron chi connectivity index (χ4n) is 3.09. The molecule has 2 aromatic rings. The van der Waals surface area contributed by atoms with Crippen LogP contribution in [-0.4, -0.2) is 20.8 Å². The second kappa shape index (κ2) is 6.70. The van der Waals surface area contributed by atoms with Crippen molar-refractivity contribution in [2.75, 3.05) is 5.73 Å². The van der Waals surface area contributed by atoms with Crippen molar-refractivity contribution in [2.45, 2.75) is 52.5 Å². The van der Waals surface area contributed by atoms with E-state index in [-0.39, 0.29) is 5.92 Å². The Balaban J connectivity index is 0.000000774. The molecule has 0 aromatic carbocycles. The lowest BCUT2D eigenvalue weighted by Gasteiger charge is -2.27. The van der Waals surface area contributed by atoms with E-state index in [0.717, 1.165) is 48.6 Å². The molecule has 5 heteroatoms. The summed E-state index contributed by atoms with van der Waals surface area (Å²) in [6.45, 7) is 6.04. The SMILES string of the molecule is CC.Cc1cn(C2CCC(C=O)CC2)c2ncnc(N)c12. The van der Waals surface area contributed by atoms with Crippen LogP contribution < -0.4 is 5.73 Å². The van der Waals surface area contributed by atoms with Gasteiger partial charge in [-0.05, 0) is 38.2 Å². The zero-order chi connectivity index (χ0) is 15.4. The molecule has 1 fully saturated rings. The molecule has 5 nitrogen and oxygen atoms in total. The zero-order valence-corrected chi connectivity index (χ0v) is 13.0. The molecule has 0 aliphatic heterocycles. The first kappa shape index (κ1) is 15.5. The predicted molar refractivity (Wildman–Crippen MR) is 85.1 cm³/mol. The summed E-state index contributed by atoms with van der Waals surface area (Å²) in [6, 6.07) is 0.418. The Morgan fingerprint density at radius 1 is 1.24 bits per heavy atom. The van der Waals surface area contributed by atoms with Crippen LogP contribution in [0.1, 0.15) is 51.1 Å². The number of fused-ring (bicyclic) bond motifs is 1. The van der Waals surface area contributed by atoms with Crippen molar-refractivity contribution in [2.24, 2.45) is 5.92 Å². The summed E-state index contributed by atoms with van der Waals surface area (Å²) in [7, 11) is 0. The average Bonchev–Trinajstić information content (AvgIpc) is 2.88. The number of nitrogens with two attached hydrogens (primary N) is 1. The number of rotatable bonds is 2. The van der Waals surface area contributed by atoms with Gasteiger partial charge < -0.3 is 15.1 Å². The number of hydrogen-bond acceptors (Lipinski definition) is 4. The van der Waals surface area contributed by atoms with E-state index in [1.807, 2.05) is 20.8 Å². The number of aldehydes is 1. The smallest absolute Gasteiger partial charge is 0.145 e. The van der Waals surface area contributed by atoms with Crippen molar-refractivity contribution < 1.29 is 4.79 Å². The molecule has 114 valence electrons. The van der Waals surface area contributed by atoms with E-state index in [0.29, 0.717) is 11.9 Å². The van der Waals surface area contributed by atoms with Gasteiger partial charge in [-0.15, -0.1) is 0 Å². The lowest BCUT2D eigenvalue weighted by molar-refractivity contribution is -0.112. The van der Waals surface area contributed by atoms with Crippen molar-refractivity contribution in [3.8, 4) is 0 Å². The third kappa shape index (κ3) is 2.91. The maximum atomic E-state index is 10.8. The second-order valence-electron chi connectivity index (χ2n) is 5.38. The van der Waals surface area contributed by atoms with E-state index in [4.69, 9.17) is 5.73 Å². The molecule has 0 bridgehead atoms. The third-order valence-corrected chi connectivity index (χ3v) is 4.16. The van der Waals surface area contributed by atoms with Gasteiger partial charge in [0.25, 0.3) is 0 Å². The van der Waals surface area contributed by atoms with Crippen LogP contribution in [0.4, 0.5) is 5.82 Å². The van der Waals surface area contributed by atoms with Gasteiger partial charge in [-0.25, -0.2) is 9.97 Å². The minimum absolute atomic E-state index is 0.235. The average molecular weight is 288 g/mol. The Bertz CT molecular complexity index is 612. The van der Waals surface area contributed by atoms with Gasteiger partial charge in [0.15, 0.2) is 0 Å². The highest BCUT2D eigenvalue weighted by molar-refractivity contribution is 5.89. The van der Waals surface area contributed by atoms with Crippen LogP contribution in [0.5, 0.6) is 0 Å². The van der Waals surface area contributed by atoms with Crippen LogP contribution in [0.3, 0.4) is 0 Å². The standard InChI is InChI=1S/C14H18N4O.C2H6/c1-9-6-18(11-4-2-10(7-19)3-5-11)14-12(9)13(15)16-8-17-14;1-2/h6-8,10-11H,2-5H2,1H3,(H2,15,16,17);1-2H3. The minimum Gasteiger partial charge on any atom is -0.383 e. The number of hydrogen-bond donors (Lipinski definition) is 1. The van der Waals surface area contributed by atoms with E-state index < -0.39 is 0 Å². The summed E-state index contributed by atoms with van der Waals surface area (Å²) in [5.41, 5.74) is 7.97. The minimum atomic E-state index is 0.235. The normalized spacial score (nSPS) is 21.7. The molecule has 1 aliphatic carbocycles. The van der Waals surface area contributed by atoms with Crippen molar-refractivity contribution in [1.82, 2.24) is 14.5 Å². The maximum Gasteiger partial charge on any atom is 0.145 e. The van der Waals surface area contributed by atoms with Crippen LogP contribution in [-0.2, 0) is 4.79 Å². The molecule has 1 saturated carbocycles. The van der Waals surface area contributed by atoms with Crippen LogP contribution in [0, 0.1) is 12.8 Å². The molecule has 2 heterocycles. The molecule has 21 heavy (non-hydrogen) atoms. The van der Waals surface area contributed by atoms with Gasteiger partial charge in [0.2, 0.25) is 0 Å². The molecular formula is C16H24N4O. The topological polar surface area (TPSA) is 73.8 Å². The Morgan fingerprint density at radius 3 is 2.52 bits per heavy atom. The van der Waals surface area contributed by atoms with Gasteiger partial charge in [0, 0.05) is 18.2 Å². The van der Waals surface area contributed by atoms with Gasteiger partial charge in [0.1, 0.15) is 24.1 Å². The monoisotopic (exact) mass is 288 g/mol. The molecule has 2 aromatic heterocycles. The molecule has 3 rings (SSSR count). The number of anilines is 1. The highest BCUT2D eigenvalue weighted by Gasteiger charge is 2.24. The number of carbonyl (C=O) groups is 1. The quantitative estimate of drug-likeness (QED) is 0.861. The molecule has 0 unspecified atom stereocenters. The van der Waals surface area contributed by atoms with Crippen molar-refractivity contribution in [3.05, 3.63) is 18.1 Å². The number of aryl methyl sites for hydroxylation is 1. The number of nitrogen functional groups attached to an aromatic ring is 1. The molecule has 0 atom stereocenters. The Labute approximate surface area is 125 Å². The van der Waals surface area contributed by atoms with Crippen LogP contribution >= 0.6 is 0 Å². The first-order chi connectivity index (χ1) is 10.2. The first-order valence-electron chi connectivity index (χ1n) is 7.73. The molecule has 0 saturated heterocycles. The van der Waals surface area contributed by atoms with Gasteiger partial charge in [-0.2, -0.15) is 0 Å². The molecule has 0 amide bonds. The number of nitrogens with zero attached hydrogens (tertiary/aromatic N) is 3. The van der Waals surface area contributed by atoms with Gasteiger partial charge in [0.05, 0.1) is 5.39 Å². The van der Waals surface area contributed by atoms with Crippen LogP contribution in [0.25, 0.3) is 11.0 Å². The van der Waals surface area contributed by atoms with E-state index in [1.54, 1.807) is 0 Å². The van der Waals surface area contributed by atoms with Crippen molar-refractivity contribution in [1.29, 1.82) is 0 Å². The van der Waals surface area contributed by atoms with E-state index in [9.17, 15) is 4.79 Å². The third-order valence-electron chi connectivity index (χ3n) is 4.16. The maximum absolute atomic E-state index is 10.8. The lowest BCUT2D eigenvalue weighted by Crippen LogP contribution is -2.18. The predicted octanol–water partition coefficient (Wildman–Crippen LogP) is 3.28. The molecular weight excluding hydrogens is 264 g/mol. The van der Waals surface area contributed by atoms with Gasteiger partial charge in [-0.1, -0.05) is 13.8 Å². The number of aromatic nitrogens is 3. The second-order valence-corrected chi connectivity index (χ2v) is 5.38. The van der Waals surface area contributed by atoms with E-state index in [2.05, 4.69) is 20.7 Å². The highest BCUT2D eigenvalue weighted by atomic mass is 16.1. The Morgan fingerprint density at radius 2 is 1.90 bits per heavy atom. The van der Waals surface area contributed by atoms with Crippen molar-refractivity contribution >= 4 is 23.1 Å².